The van der Waals surface area contributed by atoms with E-state index in [4.69, 9.17) is 19.9 Å². The van der Waals surface area contributed by atoms with Crippen molar-refractivity contribution in [2.24, 2.45) is 5.73 Å². The van der Waals surface area contributed by atoms with Gasteiger partial charge in [-0.2, -0.15) is 0 Å². The lowest BCUT2D eigenvalue weighted by Gasteiger charge is -2.27. The van der Waals surface area contributed by atoms with E-state index in [2.05, 4.69) is 18.9 Å². The van der Waals surface area contributed by atoms with Gasteiger partial charge in [-0.15, -0.1) is 0 Å². The maximum atomic E-state index is 6.28. The number of nitrogens with two attached hydrogens (primary N) is 1. The number of fused-ring (bicyclic) bond motifs is 1. The molecule has 0 radical (unpaired) electrons. The summed E-state index contributed by atoms with van der Waals surface area (Å²) < 4.78 is 16.3. The van der Waals surface area contributed by atoms with Crippen molar-refractivity contribution in [3.8, 4) is 11.5 Å². The van der Waals surface area contributed by atoms with Crippen LogP contribution in [0.15, 0.2) is 18.2 Å². The number of rotatable bonds is 6. The normalized spacial score (nSPS) is 17.1. The quantitative estimate of drug-likeness (QED) is 0.854. The fourth-order valence-corrected chi connectivity index (χ4v) is 2.25. The Balaban J connectivity index is 2.00. The summed E-state index contributed by atoms with van der Waals surface area (Å²) in [4.78, 5) is 2.20. The molecular weight excluding hydrogens is 256 g/mol. The van der Waals surface area contributed by atoms with Crippen LogP contribution in [0.4, 0.5) is 0 Å². The molecule has 2 atom stereocenters. The Morgan fingerprint density at radius 3 is 2.70 bits per heavy atom. The van der Waals surface area contributed by atoms with Gasteiger partial charge in [-0.1, -0.05) is 6.07 Å². The number of nitrogens with zero attached hydrogens (tertiary/aromatic N) is 1. The Hall–Kier alpha value is -1.30. The number of ether oxygens (including phenoxy) is 3. The highest BCUT2D eigenvalue weighted by molar-refractivity contribution is 5.44. The molecular formula is C15H24N2O3. The van der Waals surface area contributed by atoms with E-state index in [1.807, 2.05) is 18.2 Å². The minimum Gasteiger partial charge on any atom is -0.486 e. The minimum absolute atomic E-state index is 0.0601. The lowest BCUT2D eigenvalue weighted by Crippen LogP contribution is -2.38. The number of methoxy groups -OCH3 is 1. The summed E-state index contributed by atoms with van der Waals surface area (Å²) in [6.07, 6.45) is 0. The standard InChI is InChI=1S/C15H24N2O3/c1-11(10-18-3)17(2)9-13(16)12-4-5-14-15(8-12)20-7-6-19-14/h4-5,8,11,13H,6-7,9-10,16H2,1-3H3. The van der Waals surface area contributed by atoms with Crippen molar-refractivity contribution in [3.63, 3.8) is 0 Å². The van der Waals surface area contributed by atoms with Gasteiger partial charge in [0.1, 0.15) is 13.2 Å². The van der Waals surface area contributed by atoms with E-state index in [-0.39, 0.29) is 6.04 Å². The summed E-state index contributed by atoms with van der Waals surface area (Å²) in [5, 5.41) is 0. The molecule has 0 saturated heterocycles. The molecule has 5 nitrogen and oxygen atoms in total. The van der Waals surface area contributed by atoms with E-state index in [1.165, 1.54) is 0 Å². The van der Waals surface area contributed by atoms with Crippen molar-refractivity contribution < 1.29 is 14.2 Å². The molecule has 0 aliphatic carbocycles. The molecule has 0 spiro atoms. The predicted molar refractivity (Wildman–Crippen MR) is 78.3 cm³/mol. The first-order valence-electron chi connectivity index (χ1n) is 6.96. The first kappa shape index (κ1) is 15.1. The molecule has 112 valence electrons. The number of hydrogen-bond acceptors (Lipinski definition) is 5. The van der Waals surface area contributed by atoms with Crippen LogP contribution in [0.5, 0.6) is 11.5 Å². The second kappa shape index (κ2) is 6.92. The van der Waals surface area contributed by atoms with E-state index >= 15 is 0 Å². The Labute approximate surface area is 120 Å². The molecule has 0 bridgehead atoms. The summed E-state index contributed by atoms with van der Waals surface area (Å²) in [5.41, 5.74) is 7.34. The summed E-state index contributed by atoms with van der Waals surface area (Å²) in [5.74, 6) is 1.59. The van der Waals surface area contributed by atoms with Gasteiger partial charge < -0.3 is 19.9 Å². The smallest absolute Gasteiger partial charge is 0.161 e. The maximum absolute atomic E-state index is 6.28. The molecule has 1 aliphatic rings. The molecule has 2 unspecified atom stereocenters. The third-order valence-electron chi connectivity index (χ3n) is 3.64. The van der Waals surface area contributed by atoms with Crippen LogP contribution in [0.1, 0.15) is 18.5 Å². The average molecular weight is 280 g/mol. The van der Waals surface area contributed by atoms with E-state index in [0.29, 0.717) is 25.9 Å². The lowest BCUT2D eigenvalue weighted by molar-refractivity contribution is 0.112. The van der Waals surface area contributed by atoms with Crippen LogP contribution < -0.4 is 15.2 Å². The molecule has 1 aromatic carbocycles. The summed E-state index contributed by atoms with van der Waals surface area (Å²) in [6.45, 7) is 4.79. The zero-order valence-electron chi connectivity index (χ0n) is 12.5. The van der Waals surface area contributed by atoms with Gasteiger partial charge in [-0.25, -0.2) is 0 Å². The van der Waals surface area contributed by atoms with Crippen molar-refractivity contribution >= 4 is 0 Å². The highest BCUT2D eigenvalue weighted by Crippen LogP contribution is 2.32. The van der Waals surface area contributed by atoms with Gasteiger partial charge in [-0.05, 0) is 31.7 Å². The topological polar surface area (TPSA) is 57.0 Å². The molecule has 0 aromatic heterocycles. The predicted octanol–water partition coefficient (Wildman–Crippen LogP) is 1.42. The van der Waals surface area contributed by atoms with E-state index in [9.17, 15) is 0 Å². The third kappa shape index (κ3) is 3.62. The largest absolute Gasteiger partial charge is 0.486 e. The summed E-state index contributed by atoms with van der Waals surface area (Å²) in [6, 6.07) is 6.20. The van der Waals surface area contributed by atoms with Gasteiger partial charge in [0.25, 0.3) is 0 Å². The van der Waals surface area contributed by atoms with Crippen molar-refractivity contribution in [2.75, 3.05) is 40.5 Å². The second-order valence-electron chi connectivity index (χ2n) is 5.25. The average Bonchev–Trinajstić information content (AvgIpc) is 2.46. The summed E-state index contributed by atoms with van der Waals surface area (Å²) >= 11 is 0. The molecule has 1 aromatic rings. The Morgan fingerprint density at radius 1 is 1.30 bits per heavy atom. The first-order valence-corrected chi connectivity index (χ1v) is 6.96. The van der Waals surface area contributed by atoms with Crippen LogP contribution in [0, 0.1) is 0 Å². The van der Waals surface area contributed by atoms with E-state index in [1.54, 1.807) is 7.11 Å². The van der Waals surface area contributed by atoms with E-state index in [0.717, 1.165) is 23.6 Å². The van der Waals surface area contributed by atoms with Gasteiger partial charge in [0.05, 0.1) is 6.61 Å². The minimum atomic E-state index is -0.0601. The second-order valence-corrected chi connectivity index (χ2v) is 5.25. The van der Waals surface area contributed by atoms with E-state index < -0.39 is 0 Å². The molecule has 20 heavy (non-hydrogen) atoms. The van der Waals surface area contributed by atoms with Crippen LogP contribution in [-0.4, -0.2) is 51.5 Å². The summed E-state index contributed by atoms with van der Waals surface area (Å²) in [7, 11) is 3.77. The molecule has 0 fully saturated rings. The number of hydrogen-bond donors (Lipinski definition) is 1. The fraction of sp³-hybridized carbons (Fsp3) is 0.600. The lowest BCUT2D eigenvalue weighted by atomic mass is 10.1. The zero-order chi connectivity index (χ0) is 14.5. The fourth-order valence-electron chi connectivity index (χ4n) is 2.25. The van der Waals surface area contributed by atoms with Gasteiger partial charge >= 0.3 is 0 Å². The van der Waals surface area contributed by atoms with Gasteiger partial charge in [0.15, 0.2) is 11.5 Å². The SMILES string of the molecule is COCC(C)N(C)CC(N)c1ccc2c(c1)OCCO2. The highest BCUT2D eigenvalue weighted by atomic mass is 16.6. The molecule has 0 saturated carbocycles. The van der Waals surface area contributed by atoms with Crippen molar-refractivity contribution in [1.82, 2.24) is 4.90 Å². The monoisotopic (exact) mass is 280 g/mol. The van der Waals surface area contributed by atoms with Crippen molar-refractivity contribution in [2.45, 2.75) is 19.0 Å². The third-order valence-corrected chi connectivity index (χ3v) is 3.64. The zero-order valence-corrected chi connectivity index (χ0v) is 12.5. The highest BCUT2D eigenvalue weighted by Gasteiger charge is 2.17. The molecule has 2 N–H and O–H groups in total. The number of likely N-dealkylation sites (N-methyl/N-ethyl adjacent to an activating group) is 1. The van der Waals surface area contributed by atoms with Gasteiger partial charge in [-0.3, -0.25) is 4.90 Å². The molecule has 1 heterocycles. The van der Waals surface area contributed by atoms with Crippen LogP contribution in [0.25, 0.3) is 0 Å². The van der Waals surface area contributed by atoms with Crippen LogP contribution in [-0.2, 0) is 4.74 Å². The van der Waals surface area contributed by atoms with Crippen LogP contribution >= 0.6 is 0 Å². The Kier molecular flexibility index (Phi) is 5.23. The van der Waals surface area contributed by atoms with Crippen molar-refractivity contribution in [1.29, 1.82) is 0 Å². The maximum Gasteiger partial charge on any atom is 0.161 e. The first-order chi connectivity index (χ1) is 9.61. The Bertz CT molecular complexity index is 439. The number of benzene rings is 1. The molecule has 1 aliphatic heterocycles. The molecule has 2 rings (SSSR count). The van der Waals surface area contributed by atoms with Crippen molar-refractivity contribution in [3.05, 3.63) is 23.8 Å². The van der Waals surface area contributed by atoms with Gasteiger partial charge in [0, 0.05) is 25.7 Å². The Morgan fingerprint density at radius 2 is 2.00 bits per heavy atom. The van der Waals surface area contributed by atoms with Gasteiger partial charge in [0.2, 0.25) is 0 Å². The van der Waals surface area contributed by atoms with Crippen LogP contribution in [0.2, 0.25) is 0 Å². The molecule has 5 heteroatoms. The molecule has 0 amide bonds. The van der Waals surface area contributed by atoms with Crippen LogP contribution in [0.3, 0.4) is 0 Å².